The lowest BCUT2D eigenvalue weighted by Gasteiger charge is -2.13. The third-order valence-corrected chi connectivity index (χ3v) is 3.78. The van der Waals surface area contributed by atoms with Gasteiger partial charge in [-0.15, -0.1) is 0 Å². The van der Waals surface area contributed by atoms with E-state index < -0.39 is 5.97 Å². The van der Waals surface area contributed by atoms with Crippen LogP contribution in [0.5, 0.6) is 0 Å². The number of halogens is 1. The lowest BCUT2D eigenvalue weighted by atomic mass is 9.97. The normalized spacial score (nSPS) is 14.0. The standard InChI is InChI=1S/C18H22FNO3/c19-16-8-6-15(7-9-16)12-18(22)23-13-17(21)20-11-10-14-4-2-1-3-5-14/h4,6-9H,1-3,5,10-13H2,(H,20,21). The average molecular weight is 319 g/mol. The highest BCUT2D eigenvalue weighted by Gasteiger charge is 2.09. The molecule has 1 aliphatic carbocycles. The Kier molecular flexibility index (Phi) is 6.78. The Balaban J connectivity index is 1.60. The van der Waals surface area contributed by atoms with Gasteiger partial charge in [-0.05, 0) is 49.8 Å². The average Bonchev–Trinajstić information content (AvgIpc) is 2.56. The monoisotopic (exact) mass is 319 g/mol. The van der Waals surface area contributed by atoms with Crippen molar-refractivity contribution < 1.29 is 18.7 Å². The molecule has 5 heteroatoms. The smallest absolute Gasteiger partial charge is 0.310 e. The molecule has 124 valence electrons. The number of esters is 1. The van der Waals surface area contributed by atoms with Crippen molar-refractivity contribution in [3.8, 4) is 0 Å². The molecule has 1 aromatic rings. The molecule has 23 heavy (non-hydrogen) atoms. The first-order valence-corrected chi connectivity index (χ1v) is 7.98. The fourth-order valence-corrected chi connectivity index (χ4v) is 2.51. The van der Waals surface area contributed by atoms with E-state index in [2.05, 4.69) is 11.4 Å². The number of amides is 1. The molecule has 2 rings (SSSR count). The number of nitrogens with one attached hydrogen (secondary N) is 1. The van der Waals surface area contributed by atoms with Crippen molar-refractivity contribution in [2.75, 3.05) is 13.2 Å². The summed E-state index contributed by atoms with van der Waals surface area (Å²) in [6.45, 7) is 0.291. The molecule has 4 nitrogen and oxygen atoms in total. The third kappa shape index (κ3) is 6.63. The predicted molar refractivity (Wildman–Crippen MR) is 85.2 cm³/mol. The van der Waals surface area contributed by atoms with Gasteiger partial charge in [-0.1, -0.05) is 23.8 Å². The van der Waals surface area contributed by atoms with Gasteiger partial charge >= 0.3 is 5.97 Å². The molecular formula is C18H22FNO3. The molecule has 1 aliphatic rings. The van der Waals surface area contributed by atoms with Gasteiger partial charge in [0.1, 0.15) is 5.82 Å². The van der Waals surface area contributed by atoms with Crippen LogP contribution in [-0.4, -0.2) is 25.0 Å². The summed E-state index contributed by atoms with van der Waals surface area (Å²) in [4.78, 5) is 23.2. The molecule has 0 atom stereocenters. The Morgan fingerprint density at radius 1 is 1.17 bits per heavy atom. The highest BCUT2D eigenvalue weighted by atomic mass is 19.1. The summed E-state index contributed by atoms with van der Waals surface area (Å²) in [5, 5.41) is 2.75. The van der Waals surface area contributed by atoms with Crippen LogP contribution in [0, 0.1) is 5.82 Å². The van der Waals surface area contributed by atoms with Crippen molar-refractivity contribution in [1.29, 1.82) is 0 Å². The molecular weight excluding hydrogens is 297 g/mol. The van der Waals surface area contributed by atoms with Gasteiger partial charge in [0.15, 0.2) is 6.61 Å². The van der Waals surface area contributed by atoms with Gasteiger partial charge in [-0.25, -0.2) is 4.39 Å². The van der Waals surface area contributed by atoms with E-state index in [9.17, 15) is 14.0 Å². The summed E-state index contributed by atoms with van der Waals surface area (Å²) >= 11 is 0. The zero-order chi connectivity index (χ0) is 16.5. The first-order valence-electron chi connectivity index (χ1n) is 7.98. The van der Waals surface area contributed by atoms with Crippen LogP contribution in [0.1, 0.15) is 37.7 Å². The first kappa shape index (κ1) is 17.2. The number of benzene rings is 1. The topological polar surface area (TPSA) is 55.4 Å². The molecule has 0 saturated carbocycles. The molecule has 0 aliphatic heterocycles. The number of allylic oxidation sites excluding steroid dienone is 1. The lowest BCUT2D eigenvalue weighted by molar-refractivity contribution is -0.147. The zero-order valence-electron chi connectivity index (χ0n) is 13.1. The Bertz CT molecular complexity index is 566. The minimum atomic E-state index is -0.498. The number of carbonyl (C=O) groups excluding carboxylic acids is 2. The molecule has 0 heterocycles. The Hall–Kier alpha value is -2.17. The van der Waals surface area contributed by atoms with Crippen molar-refractivity contribution in [2.45, 2.75) is 38.5 Å². The summed E-state index contributed by atoms with van der Waals surface area (Å²) in [5.41, 5.74) is 2.05. The van der Waals surface area contributed by atoms with Crippen molar-refractivity contribution in [3.63, 3.8) is 0 Å². The van der Waals surface area contributed by atoms with Gasteiger partial charge in [0, 0.05) is 6.54 Å². The van der Waals surface area contributed by atoms with E-state index >= 15 is 0 Å². The van der Waals surface area contributed by atoms with Crippen LogP contribution in [0.2, 0.25) is 0 Å². The minimum absolute atomic E-state index is 0.0282. The van der Waals surface area contributed by atoms with E-state index in [1.165, 1.54) is 42.7 Å². The third-order valence-electron chi connectivity index (χ3n) is 3.78. The van der Waals surface area contributed by atoms with Gasteiger partial charge in [0.2, 0.25) is 0 Å². The van der Waals surface area contributed by atoms with E-state index in [4.69, 9.17) is 4.74 Å². The highest BCUT2D eigenvalue weighted by Crippen LogP contribution is 2.19. The number of hydrogen-bond donors (Lipinski definition) is 1. The maximum Gasteiger partial charge on any atom is 0.310 e. The molecule has 1 N–H and O–H groups in total. The van der Waals surface area contributed by atoms with E-state index in [1.807, 2.05) is 0 Å². The second-order valence-electron chi connectivity index (χ2n) is 5.67. The molecule has 0 fully saturated rings. The number of ether oxygens (including phenoxy) is 1. The summed E-state index contributed by atoms with van der Waals surface area (Å²) in [6, 6.07) is 5.62. The van der Waals surface area contributed by atoms with E-state index in [0.717, 1.165) is 19.3 Å². The maximum atomic E-state index is 12.8. The summed E-state index contributed by atoms with van der Waals surface area (Å²) in [6.07, 6.45) is 7.85. The fourth-order valence-electron chi connectivity index (χ4n) is 2.51. The highest BCUT2D eigenvalue weighted by molar-refractivity contribution is 5.81. The van der Waals surface area contributed by atoms with Crippen molar-refractivity contribution >= 4 is 11.9 Å². The van der Waals surface area contributed by atoms with E-state index in [1.54, 1.807) is 0 Å². The van der Waals surface area contributed by atoms with Crippen LogP contribution in [0.15, 0.2) is 35.9 Å². The number of hydrogen-bond acceptors (Lipinski definition) is 3. The van der Waals surface area contributed by atoms with Gasteiger partial charge in [0.05, 0.1) is 6.42 Å². The zero-order valence-corrected chi connectivity index (χ0v) is 13.1. The lowest BCUT2D eigenvalue weighted by Crippen LogP contribution is -2.30. The van der Waals surface area contributed by atoms with Crippen LogP contribution < -0.4 is 5.32 Å². The van der Waals surface area contributed by atoms with Crippen LogP contribution in [0.3, 0.4) is 0 Å². The van der Waals surface area contributed by atoms with Crippen molar-refractivity contribution in [2.24, 2.45) is 0 Å². The second kappa shape index (κ2) is 9.08. The first-order chi connectivity index (χ1) is 11.1. The van der Waals surface area contributed by atoms with Gasteiger partial charge in [-0.2, -0.15) is 0 Å². The molecule has 0 bridgehead atoms. The predicted octanol–water partition coefficient (Wildman–Crippen LogP) is 2.92. The molecule has 0 aromatic heterocycles. The quantitative estimate of drug-likeness (QED) is 0.621. The summed E-state index contributed by atoms with van der Waals surface area (Å²) < 4.78 is 17.7. The largest absolute Gasteiger partial charge is 0.455 e. The van der Waals surface area contributed by atoms with Gasteiger partial charge < -0.3 is 10.1 Å². The Morgan fingerprint density at radius 3 is 2.65 bits per heavy atom. The van der Waals surface area contributed by atoms with E-state index in [-0.39, 0.29) is 24.8 Å². The van der Waals surface area contributed by atoms with E-state index in [0.29, 0.717) is 12.1 Å². The number of carbonyl (C=O) groups is 2. The van der Waals surface area contributed by atoms with Crippen LogP contribution in [0.25, 0.3) is 0 Å². The molecule has 0 saturated heterocycles. The molecule has 0 unspecified atom stereocenters. The van der Waals surface area contributed by atoms with Crippen molar-refractivity contribution in [3.05, 3.63) is 47.3 Å². The van der Waals surface area contributed by atoms with Crippen LogP contribution in [0.4, 0.5) is 4.39 Å². The van der Waals surface area contributed by atoms with Gasteiger partial charge in [-0.3, -0.25) is 9.59 Å². The number of rotatable bonds is 7. The second-order valence-corrected chi connectivity index (χ2v) is 5.67. The fraction of sp³-hybridized carbons (Fsp3) is 0.444. The summed E-state index contributed by atoms with van der Waals surface area (Å²) in [5.74, 6) is -1.15. The minimum Gasteiger partial charge on any atom is -0.455 e. The molecule has 1 aromatic carbocycles. The van der Waals surface area contributed by atoms with Crippen LogP contribution in [-0.2, 0) is 20.7 Å². The molecule has 0 spiro atoms. The molecule has 0 radical (unpaired) electrons. The van der Waals surface area contributed by atoms with Gasteiger partial charge in [0.25, 0.3) is 5.91 Å². The summed E-state index contributed by atoms with van der Waals surface area (Å²) in [7, 11) is 0. The maximum absolute atomic E-state index is 12.8. The Labute approximate surface area is 135 Å². The van der Waals surface area contributed by atoms with Crippen molar-refractivity contribution in [1.82, 2.24) is 5.32 Å². The molecule has 1 amide bonds. The SMILES string of the molecule is O=C(COC(=O)Cc1ccc(F)cc1)NCCC1=CCCCC1. The van der Waals surface area contributed by atoms with Crippen LogP contribution >= 0.6 is 0 Å². The Morgan fingerprint density at radius 2 is 1.96 bits per heavy atom.